The van der Waals surface area contributed by atoms with E-state index in [9.17, 15) is 9.59 Å². The normalized spacial score (nSPS) is 10.9. The van der Waals surface area contributed by atoms with Crippen LogP contribution in [0.5, 0.6) is 5.75 Å². The maximum Gasteiger partial charge on any atom is 0.291 e. The second-order valence-corrected chi connectivity index (χ2v) is 9.74. The molecule has 2 aromatic heterocycles. The summed E-state index contributed by atoms with van der Waals surface area (Å²) in [6.07, 6.45) is 0. The minimum absolute atomic E-state index is 0.0488. The van der Waals surface area contributed by atoms with E-state index in [4.69, 9.17) is 9.15 Å². The molecule has 4 rings (SSSR count). The Morgan fingerprint density at radius 1 is 1.12 bits per heavy atom. The van der Waals surface area contributed by atoms with Crippen LogP contribution in [-0.2, 0) is 10.5 Å². The fourth-order valence-corrected chi connectivity index (χ4v) is 4.84. The molecule has 1 N–H and O–H groups in total. The van der Waals surface area contributed by atoms with E-state index in [2.05, 4.69) is 15.5 Å². The molecule has 0 radical (unpaired) electrons. The van der Waals surface area contributed by atoms with E-state index in [1.165, 1.54) is 28.0 Å². The number of para-hydroxylation sites is 1. The predicted octanol–water partition coefficient (Wildman–Crippen LogP) is 4.60. The average molecular weight is 483 g/mol. The summed E-state index contributed by atoms with van der Waals surface area (Å²) in [5.41, 5.74) is 2.05. The van der Waals surface area contributed by atoms with Gasteiger partial charge < -0.3 is 19.4 Å². The summed E-state index contributed by atoms with van der Waals surface area (Å²) in [5, 5.41) is 12.9. The molecular formula is C23H22N4O4S2. The fraction of sp³-hybridized carbons (Fsp3) is 0.217. The molecule has 170 valence electrons. The average Bonchev–Trinajstić information content (AvgIpc) is 3.40. The predicted molar refractivity (Wildman–Crippen MR) is 129 cm³/mol. The van der Waals surface area contributed by atoms with Gasteiger partial charge in [0.25, 0.3) is 11.8 Å². The summed E-state index contributed by atoms with van der Waals surface area (Å²) >= 11 is 3.04. The molecule has 2 amide bonds. The highest BCUT2D eigenvalue weighted by molar-refractivity contribution is 8.00. The molecule has 4 aromatic rings. The molecule has 0 atom stereocenters. The second kappa shape index (κ2) is 10.1. The molecule has 0 saturated carbocycles. The fourth-order valence-electron chi connectivity index (χ4n) is 2.99. The van der Waals surface area contributed by atoms with Crippen molar-refractivity contribution < 1.29 is 18.7 Å². The Morgan fingerprint density at radius 2 is 1.88 bits per heavy atom. The third kappa shape index (κ3) is 5.52. The number of amides is 2. The number of likely N-dealkylation sites (N-methyl/N-ethyl adjacent to an activating group) is 1. The number of aryl methyl sites for hydroxylation is 1. The van der Waals surface area contributed by atoms with Crippen LogP contribution in [0.3, 0.4) is 0 Å². The molecule has 0 saturated heterocycles. The first-order chi connectivity index (χ1) is 15.9. The van der Waals surface area contributed by atoms with Crippen LogP contribution < -0.4 is 10.1 Å². The van der Waals surface area contributed by atoms with Crippen LogP contribution in [0.4, 0.5) is 5.69 Å². The minimum atomic E-state index is -0.341. The lowest BCUT2D eigenvalue weighted by molar-refractivity contribution is -0.130. The number of carbonyl (C=O) groups is 2. The lowest BCUT2D eigenvalue weighted by atomic mass is 10.1. The smallest absolute Gasteiger partial charge is 0.291 e. The number of aromatic nitrogens is 2. The van der Waals surface area contributed by atoms with E-state index in [1.54, 1.807) is 38.4 Å². The Kier molecular flexibility index (Phi) is 6.95. The Bertz CT molecular complexity index is 1280. The Hall–Kier alpha value is -3.37. The lowest BCUT2D eigenvalue weighted by Crippen LogP contribution is -2.27. The zero-order valence-electron chi connectivity index (χ0n) is 18.3. The summed E-state index contributed by atoms with van der Waals surface area (Å²) in [4.78, 5) is 26.2. The molecule has 0 bridgehead atoms. The van der Waals surface area contributed by atoms with Crippen molar-refractivity contribution in [1.29, 1.82) is 0 Å². The third-order valence-electron chi connectivity index (χ3n) is 4.73. The van der Waals surface area contributed by atoms with Crippen molar-refractivity contribution in [2.24, 2.45) is 0 Å². The van der Waals surface area contributed by atoms with Crippen molar-refractivity contribution in [2.45, 2.75) is 17.0 Å². The summed E-state index contributed by atoms with van der Waals surface area (Å²) in [5.74, 6) is 0.859. The number of hydrogen-bond donors (Lipinski definition) is 1. The molecule has 0 unspecified atom stereocenters. The number of benzene rings is 2. The highest BCUT2D eigenvalue weighted by Crippen LogP contribution is 2.33. The van der Waals surface area contributed by atoms with Gasteiger partial charge in [-0.1, -0.05) is 41.3 Å². The van der Waals surface area contributed by atoms with Gasteiger partial charge in [0.1, 0.15) is 16.3 Å². The van der Waals surface area contributed by atoms with Gasteiger partial charge in [-0.05, 0) is 37.3 Å². The third-order valence-corrected chi connectivity index (χ3v) is 6.72. The molecule has 8 nitrogen and oxygen atoms in total. The zero-order valence-corrected chi connectivity index (χ0v) is 20.0. The van der Waals surface area contributed by atoms with Gasteiger partial charge in [-0.2, -0.15) is 0 Å². The van der Waals surface area contributed by atoms with Crippen molar-refractivity contribution in [2.75, 3.05) is 26.0 Å². The van der Waals surface area contributed by atoms with Crippen molar-refractivity contribution in [3.8, 4) is 5.75 Å². The molecule has 33 heavy (non-hydrogen) atoms. The summed E-state index contributed by atoms with van der Waals surface area (Å²) in [6, 6.07) is 14.4. The highest BCUT2D eigenvalue weighted by Gasteiger charge is 2.21. The number of furan rings is 1. The van der Waals surface area contributed by atoms with Gasteiger partial charge in [0.2, 0.25) is 0 Å². The molecular weight excluding hydrogens is 460 g/mol. The van der Waals surface area contributed by atoms with E-state index in [-0.39, 0.29) is 24.2 Å². The molecule has 0 fully saturated rings. The molecule has 0 aliphatic carbocycles. The van der Waals surface area contributed by atoms with Gasteiger partial charge in [-0.3, -0.25) is 9.59 Å². The van der Waals surface area contributed by atoms with E-state index >= 15 is 0 Å². The number of rotatable bonds is 8. The van der Waals surface area contributed by atoms with Crippen molar-refractivity contribution in [1.82, 2.24) is 15.1 Å². The lowest BCUT2D eigenvalue weighted by Gasteiger charge is -2.11. The van der Waals surface area contributed by atoms with Crippen LogP contribution in [-0.4, -0.2) is 47.6 Å². The molecule has 2 aromatic carbocycles. The summed E-state index contributed by atoms with van der Waals surface area (Å²) < 4.78 is 12.2. The number of hydrogen-bond acceptors (Lipinski definition) is 8. The Balaban J connectivity index is 1.49. The van der Waals surface area contributed by atoms with Crippen LogP contribution in [0.25, 0.3) is 11.0 Å². The van der Waals surface area contributed by atoms with Gasteiger partial charge in [0.15, 0.2) is 16.7 Å². The standard InChI is InChI=1S/C23H22N4O4S2/c1-14-25-26-23(33-14)32-13-18-17-6-4-5-7-19(17)31-21(18)22(29)24-15-8-10-16(11-9-15)30-12-20(28)27(2)3/h4-11H,12-13H2,1-3H3,(H,24,29). The minimum Gasteiger partial charge on any atom is -0.484 e. The van der Waals surface area contributed by atoms with Crippen LogP contribution in [0.2, 0.25) is 0 Å². The highest BCUT2D eigenvalue weighted by atomic mass is 32.2. The number of carbonyl (C=O) groups excluding carboxylic acids is 2. The molecule has 10 heteroatoms. The first-order valence-electron chi connectivity index (χ1n) is 10.1. The topological polar surface area (TPSA) is 97.6 Å². The molecule has 0 aliphatic rings. The number of anilines is 1. The number of fused-ring (bicyclic) bond motifs is 1. The number of nitrogens with one attached hydrogen (secondary N) is 1. The maximum absolute atomic E-state index is 13.1. The van der Waals surface area contributed by atoms with E-state index in [0.717, 1.165) is 20.3 Å². The number of thioether (sulfide) groups is 1. The molecule has 2 heterocycles. The van der Waals surface area contributed by atoms with Crippen molar-refractivity contribution in [3.05, 3.63) is 64.9 Å². The summed E-state index contributed by atoms with van der Waals surface area (Å²) in [6.45, 7) is 1.86. The Morgan fingerprint density at radius 3 is 2.58 bits per heavy atom. The van der Waals surface area contributed by atoms with Crippen LogP contribution >= 0.6 is 23.1 Å². The molecule has 0 spiro atoms. The molecule has 0 aliphatic heterocycles. The van der Waals surface area contributed by atoms with E-state index in [1.807, 2.05) is 31.2 Å². The maximum atomic E-state index is 13.1. The van der Waals surface area contributed by atoms with Crippen molar-refractivity contribution in [3.63, 3.8) is 0 Å². The zero-order chi connectivity index (χ0) is 23.4. The van der Waals surface area contributed by atoms with Crippen LogP contribution in [0.1, 0.15) is 21.1 Å². The quantitative estimate of drug-likeness (QED) is 0.366. The van der Waals surface area contributed by atoms with Gasteiger partial charge in [-0.15, -0.1) is 10.2 Å². The Labute approximate surface area is 198 Å². The monoisotopic (exact) mass is 482 g/mol. The summed E-state index contributed by atoms with van der Waals surface area (Å²) in [7, 11) is 3.34. The van der Waals surface area contributed by atoms with Gasteiger partial charge in [0, 0.05) is 36.5 Å². The number of ether oxygens (including phenoxy) is 1. The first-order valence-corrected chi connectivity index (χ1v) is 11.9. The van der Waals surface area contributed by atoms with Crippen molar-refractivity contribution >= 4 is 51.6 Å². The SMILES string of the molecule is Cc1nnc(SCc2c(C(=O)Nc3ccc(OCC(=O)N(C)C)cc3)oc3ccccc23)s1. The first kappa shape index (κ1) is 22.8. The van der Waals surface area contributed by atoms with E-state index < -0.39 is 0 Å². The van der Waals surface area contributed by atoms with Gasteiger partial charge in [-0.25, -0.2) is 0 Å². The number of nitrogens with zero attached hydrogens (tertiary/aromatic N) is 3. The van der Waals surface area contributed by atoms with Gasteiger partial charge >= 0.3 is 0 Å². The van der Waals surface area contributed by atoms with Gasteiger partial charge in [0.05, 0.1) is 0 Å². The second-order valence-electron chi connectivity index (χ2n) is 7.34. The largest absolute Gasteiger partial charge is 0.484 e. The van der Waals surface area contributed by atoms with E-state index in [0.29, 0.717) is 22.8 Å². The van der Waals surface area contributed by atoms with Crippen LogP contribution in [0, 0.1) is 6.92 Å². The van der Waals surface area contributed by atoms with Crippen LogP contribution in [0.15, 0.2) is 57.3 Å².